The van der Waals surface area contributed by atoms with Gasteiger partial charge >= 0.3 is 5.97 Å². The van der Waals surface area contributed by atoms with Gasteiger partial charge in [-0.3, -0.25) is 4.79 Å². The molecule has 0 aliphatic carbocycles. The number of hydrogen-bond donors (Lipinski definition) is 2. The lowest BCUT2D eigenvalue weighted by molar-refractivity contribution is -0.141. The van der Waals surface area contributed by atoms with Gasteiger partial charge in [-0.1, -0.05) is 46.3 Å². The number of nitrogens with zero attached hydrogens (tertiary/aromatic N) is 1. The van der Waals surface area contributed by atoms with E-state index in [1.54, 1.807) is 25.1 Å². The van der Waals surface area contributed by atoms with Crippen LogP contribution in [0.5, 0.6) is 5.75 Å². The zero-order valence-corrected chi connectivity index (χ0v) is 17.4. The number of hydrogen-bond acceptors (Lipinski definition) is 6. The summed E-state index contributed by atoms with van der Waals surface area (Å²) in [6, 6.07) is 16.1. The van der Waals surface area contributed by atoms with Crippen LogP contribution in [0.2, 0.25) is 0 Å². The number of carbonyl (C=O) groups excluding carboxylic acids is 2. The second kappa shape index (κ2) is 7.35. The van der Waals surface area contributed by atoms with E-state index in [9.17, 15) is 14.9 Å². The number of benzene rings is 2. The normalized spacial score (nSPS) is 19.8. The second-order valence-corrected chi connectivity index (χ2v) is 7.78. The lowest BCUT2D eigenvalue weighted by Gasteiger charge is -2.34. The number of nitrogens with one attached hydrogen (secondary N) is 1. The lowest BCUT2D eigenvalue weighted by atomic mass is 9.68. The number of carbonyl (C=O) groups is 2. The van der Waals surface area contributed by atoms with Crippen molar-refractivity contribution in [2.75, 3.05) is 0 Å². The molecule has 7 nitrogen and oxygen atoms in total. The van der Waals surface area contributed by atoms with E-state index in [0.29, 0.717) is 15.7 Å². The Morgan fingerprint density at radius 1 is 1.30 bits per heavy atom. The summed E-state index contributed by atoms with van der Waals surface area (Å²) in [7, 11) is 0. The van der Waals surface area contributed by atoms with Gasteiger partial charge in [0.25, 0.3) is 0 Å². The molecule has 8 heteroatoms. The molecule has 1 atom stereocenters. The zero-order valence-electron chi connectivity index (χ0n) is 15.9. The monoisotopic (exact) mass is 465 g/mol. The van der Waals surface area contributed by atoms with E-state index in [-0.39, 0.29) is 29.4 Å². The minimum absolute atomic E-state index is 0.0175. The molecular formula is C22H16BrN3O4. The summed E-state index contributed by atoms with van der Waals surface area (Å²) in [6.07, 6.45) is 0. The van der Waals surface area contributed by atoms with Gasteiger partial charge in [0.1, 0.15) is 24.0 Å². The summed E-state index contributed by atoms with van der Waals surface area (Å²) >= 11 is 3.38. The first-order valence-electron chi connectivity index (χ1n) is 9.01. The first-order chi connectivity index (χ1) is 14.4. The van der Waals surface area contributed by atoms with Gasteiger partial charge in [-0.25, -0.2) is 4.79 Å². The van der Waals surface area contributed by atoms with Gasteiger partial charge in [0.15, 0.2) is 5.41 Å². The fourth-order valence-electron chi connectivity index (χ4n) is 3.83. The van der Waals surface area contributed by atoms with Gasteiger partial charge in [0, 0.05) is 15.7 Å². The van der Waals surface area contributed by atoms with Crippen LogP contribution in [-0.2, 0) is 26.3 Å². The molecule has 1 spiro atoms. The molecule has 30 heavy (non-hydrogen) atoms. The maximum Gasteiger partial charge on any atom is 0.337 e. The van der Waals surface area contributed by atoms with Crippen molar-refractivity contribution in [3.05, 3.63) is 86.9 Å². The molecule has 150 valence electrons. The third-order valence-electron chi connectivity index (χ3n) is 5.11. The molecule has 0 fully saturated rings. The van der Waals surface area contributed by atoms with Crippen molar-refractivity contribution in [2.45, 2.75) is 18.9 Å². The van der Waals surface area contributed by atoms with Crippen molar-refractivity contribution >= 4 is 27.8 Å². The number of esters is 1. The van der Waals surface area contributed by atoms with Crippen molar-refractivity contribution in [1.82, 2.24) is 5.32 Å². The first-order valence-corrected chi connectivity index (χ1v) is 9.81. The Morgan fingerprint density at radius 2 is 2.03 bits per heavy atom. The predicted molar refractivity (Wildman–Crippen MR) is 110 cm³/mol. The topological polar surface area (TPSA) is 114 Å². The van der Waals surface area contributed by atoms with Crippen LogP contribution < -0.4 is 15.8 Å². The third kappa shape index (κ3) is 2.86. The number of allylic oxidation sites excluding steroid dienone is 1. The molecule has 0 bridgehead atoms. The lowest BCUT2D eigenvalue weighted by Crippen LogP contribution is -2.46. The molecule has 0 aromatic heterocycles. The highest BCUT2D eigenvalue weighted by molar-refractivity contribution is 9.10. The van der Waals surface area contributed by atoms with Crippen LogP contribution in [0.15, 0.2) is 75.7 Å². The SMILES string of the molecule is CC1=C(C(=O)OCc2ccccc2)C2(C(=O)N1)C(C#N)=C(N)Oc1ccc(Br)cc12. The van der Waals surface area contributed by atoms with Crippen LogP contribution in [0.4, 0.5) is 0 Å². The molecular weight excluding hydrogens is 450 g/mol. The second-order valence-electron chi connectivity index (χ2n) is 6.86. The fourth-order valence-corrected chi connectivity index (χ4v) is 4.19. The minimum atomic E-state index is -1.76. The van der Waals surface area contributed by atoms with E-state index < -0.39 is 17.3 Å². The van der Waals surface area contributed by atoms with Gasteiger partial charge in [-0.2, -0.15) is 5.26 Å². The first kappa shape index (κ1) is 19.7. The van der Waals surface area contributed by atoms with Crippen molar-refractivity contribution in [2.24, 2.45) is 5.73 Å². The van der Waals surface area contributed by atoms with Crippen molar-refractivity contribution in [3.8, 4) is 11.8 Å². The van der Waals surface area contributed by atoms with Gasteiger partial charge in [-0.05, 0) is 30.7 Å². The van der Waals surface area contributed by atoms with E-state index in [1.807, 2.05) is 36.4 Å². The van der Waals surface area contributed by atoms with E-state index in [4.69, 9.17) is 15.2 Å². The average Bonchev–Trinajstić information content (AvgIpc) is 2.98. The van der Waals surface area contributed by atoms with Gasteiger partial charge in [0.2, 0.25) is 11.8 Å². The summed E-state index contributed by atoms with van der Waals surface area (Å²) in [5, 5.41) is 12.5. The summed E-state index contributed by atoms with van der Waals surface area (Å²) < 4.78 is 11.7. The van der Waals surface area contributed by atoms with Crippen molar-refractivity contribution in [3.63, 3.8) is 0 Å². The van der Waals surface area contributed by atoms with Gasteiger partial charge in [0.05, 0.1) is 5.57 Å². The molecule has 1 unspecified atom stereocenters. The van der Waals surface area contributed by atoms with Crippen LogP contribution >= 0.6 is 15.9 Å². The van der Waals surface area contributed by atoms with Crippen LogP contribution in [0.1, 0.15) is 18.1 Å². The van der Waals surface area contributed by atoms with E-state index >= 15 is 0 Å². The number of halogens is 1. The van der Waals surface area contributed by atoms with Crippen LogP contribution in [0.25, 0.3) is 0 Å². The number of rotatable bonds is 3. The number of nitriles is 1. The largest absolute Gasteiger partial charge is 0.457 e. The summed E-state index contributed by atoms with van der Waals surface area (Å²) in [6.45, 7) is 1.60. The van der Waals surface area contributed by atoms with Crippen LogP contribution in [-0.4, -0.2) is 11.9 Å². The molecule has 2 aromatic carbocycles. The van der Waals surface area contributed by atoms with E-state index in [1.165, 1.54) is 0 Å². The standard InChI is InChI=1S/C22H16BrN3O4/c1-12-18(20(27)29-11-13-5-3-2-4-6-13)22(21(28)26-12)15-9-14(23)7-8-17(15)30-19(25)16(22)10-24/h2-9H,11,25H2,1H3,(H,26,28). The maximum atomic E-state index is 13.3. The number of fused-ring (bicyclic) bond motifs is 2. The molecule has 0 radical (unpaired) electrons. The number of amides is 1. The Hall–Kier alpha value is -3.57. The smallest absolute Gasteiger partial charge is 0.337 e. The zero-order chi connectivity index (χ0) is 21.5. The molecule has 0 saturated carbocycles. The average molecular weight is 466 g/mol. The van der Waals surface area contributed by atoms with E-state index in [2.05, 4.69) is 21.2 Å². The predicted octanol–water partition coefficient (Wildman–Crippen LogP) is 2.92. The Labute approximate surface area is 180 Å². The van der Waals surface area contributed by atoms with Gasteiger partial charge < -0.3 is 20.5 Å². The molecule has 3 N–H and O–H groups in total. The Kier molecular flexibility index (Phi) is 4.84. The Balaban J connectivity index is 1.86. The number of nitrogens with two attached hydrogens (primary N) is 1. The molecule has 2 aromatic rings. The summed E-state index contributed by atoms with van der Waals surface area (Å²) in [5.74, 6) is -1.23. The van der Waals surface area contributed by atoms with Gasteiger partial charge in [-0.15, -0.1) is 0 Å². The molecule has 4 rings (SSSR count). The summed E-state index contributed by atoms with van der Waals surface area (Å²) in [4.78, 5) is 26.5. The van der Waals surface area contributed by atoms with E-state index in [0.717, 1.165) is 5.56 Å². The fraction of sp³-hybridized carbons (Fsp3) is 0.136. The Morgan fingerprint density at radius 3 is 2.73 bits per heavy atom. The molecule has 1 amide bonds. The molecule has 0 saturated heterocycles. The minimum Gasteiger partial charge on any atom is -0.457 e. The quantitative estimate of drug-likeness (QED) is 0.673. The van der Waals surface area contributed by atoms with Crippen LogP contribution in [0.3, 0.4) is 0 Å². The number of ether oxygens (including phenoxy) is 2. The molecule has 2 aliphatic heterocycles. The van der Waals surface area contributed by atoms with Crippen molar-refractivity contribution < 1.29 is 19.1 Å². The molecule has 2 heterocycles. The third-order valence-corrected chi connectivity index (χ3v) is 5.60. The van der Waals surface area contributed by atoms with Crippen LogP contribution in [0, 0.1) is 11.3 Å². The maximum absolute atomic E-state index is 13.3. The summed E-state index contributed by atoms with van der Waals surface area (Å²) in [5.41, 5.74) is 5.53. The highest BCUT2D eigenvalue weighted by atomic mass is 79.9. The molecule has 2 aliphatic rings. The highest BCUT2D eigenvalue weighted by Gasteiger charge is 2.59. The highest BCUT2D eigenvalue weighted by Crippen LogP contribution is 2.51. The van der Waals surface area contributed by atoms with Crippen molar-refractivity contribution in [1.29, 1.82) is 5.26 Å². The Bertz CT molecular complexity index is 1180.